The maximum absolute atomic E-state index is 5.40. The van der Waals surface area contributed by atoms with Crippen molar-refractivity contribution in [3.05, 3.63) is 67.0 Å². The molecular weight excluding hydrogens is 303 g/mol. The van der Waals surface area contributed by atoms with Crippen LogP contribution in [0, 0.1) is 0 Å². The van der Waals surface area contributed by atoms with E-state index in [2.05, 4.69) is 31.7 Å². The van der Waals surface area contributed by atoms with Crippen molar-refractivity contribution < 1.29 is 3.79 Å². The van der Waals surface area contributed by atoms with Crippen molar-refractivity contribution in [2.24, 2.45) is 0 Å². The standard InChI is InChI=1S/C17H12N4O.Al/c22-14-9-5-4-8-13(14)21-16(12-6-2-1-3-7-12)15-17(20-21)19-11-10-18-15;/h1-11,22H;/q;+1/p-1. The van der Waals surface area contributed by atoms with Crippen molar-refractivity contribution in [3.63, 3.8) is 0 Å². The molecule has 0 amide bonds. The Morgan fingerprint density at radius 2 is 1.61 bits per heavy atom. The van der Waals surface area contributed by atoms with Crippen molar-refractivity contribution >= 4 is 27.8 Å². The smallest absolute Gasteiger partial charge is 0.482 e. The molecule has 2 heterocycles. The van der Waals surface area contributed by atoms with Crippen molar-refractivity contribution in [2.45, 2.75) is 0 Å². The number of fused-ring (bicyclic) bond motifs is 1. The Bertz CT molecular complexity index is 969. The molecule has 0 saturated heterocycles. The van der Waals surface area contributed by atoms with Gasteiger partial charge in [0, 0.05) is 18.0 Å². The summed E-state index contributed by atoms with van der Waals surface area (Å²) in [6.45, 7) is 0. The van der Waals surface area contributed by atoms with Crippen molar-refractivity contribution in [1.29, 1.82) is 0 Å². The van der Waals surface area contributed by atoms with E-state index >= 15 is 0 Å². The molecule has 0 aliphatic carbocycles. The topological polar surface area (TPSA) is 52.8 Å². The van der Waals surface area contributed by atoms with Gasteiger partial charge in [-0.1, -0.05) is 42.5 Å². The molecule has 0 fully saturated rings. The maximum atomic E-state index is 5.40. The van der Waals surface area contributed by atoms with Crippen molar-refractivity contribution in [1.82, 2.24) is 19.7 Å². The van der Waals surface area contributed by atoms with Crippen LogP contribution in [0.25, 0.3) is 28.1 Å². The predicted octanol–water partition coefficient (Wildman–Crippen LogP) is 2.94. The second-order valence-electron chi connectivity index (χ2n) is 4.94. The van der Waals surface area contributed by atoms with Crippen molar-refractivity contribution in [2.75, 3.05) is 0 Å². The van der Waals surface area contributed by atoms with Crippen LogP contribution in [-0.4, -0.2) is 36.4 Å². The molecule has 5 nitrogen and oxygen atoms in total. The summed E-state index contributed by atoms with van der Waals surface area (Å²) in [7, 11) is 0. The van der Waals surface area contributed by atoms with Crippen LogP contribution in [0.15, 0.2) is 67.0 Å². The first-order chi connectivity index (χ1) is 11.4. The lowest BCUT2D eigenvalue weighted by atomic mass is 10.1. The first kappa shape index (κ1) is 13.9. The summed E-state index contributed by atoms with van der Waals surface area (Å²) >= 11 is 2.28. The molecule has 0 aliphatic rings. The first-order valence-electron chi connectivity index (χ1n) is 7.10. The zero-order valence-corrected chi connectivity index (χ0v) is 13.3. The summed E-state index contributed by atoms with van der Waals surface area (Å²) in [5.41, 5.74) is 4.11. The molecule has 2 aromatic heterocycles. The normalized spacial score (nSPS) is 10.8. The molecule has 6 heteroatoms. The Morgan fingerprint density at radius 1 is 0.870 bits per heavy atom. The lowest BCUT2D eigenvalue weighted by molar-refractivity contribution is 0.606. The molecule has 0 atom stereocenters. The molecular formula is C17H11AlN4O. The number of rotatable bonds is 3. The average Bonchev–Trinajstić information content (AvgIpc) is 3.01. The number of benzene rings is 2. The van der Waals surface area contributed by atoms with Gasteiger partial charge < -0.3 is 3.79 Å². The summed E-state index contributed by atoms with van der Waals surface area (Å²) in [5, 5.41) is 4.62. The number of nitrogens with zero attached hydrogens (tertiary/aromatic N) is 4. The molecule has 4 aromatic rings. The van der Waals surface area contributed by atoms with Crippen LogP contribution in [0.3, 0.4) is 0 Å². The molecule has 108 valence electrons. The molecule has 0 saturated carbocycles. The molecule has 0 N–H and O–H groups in total. The second-order valence-corrected chi connectivity index (χ2v) is 5.18. The molecule has 0 aliphatic heterocycles. The van der Waals surface area contributed by atoms with Crippen LogP contribution in [0.1, 0.15) is 0 Å². The largest absolute Gasteiger partial charge is 0.652 e. The Kier molecular flexibility index (Phi) is 3.54. The van der Waals surface area contributed by atoms with E-state index in [1.165, 1.54) is 0 Å². The summed E-state index contributed by atoms with van der Waals surface area (Å²) in [6.07, 6.45) is 3.32. The molecule has 4 rings (SSSR count). The zero-order chi connectivity index (χ0) is 15.6. The minimum Gasteiger partial charge on any atom is -0.652 e. The fraction of sp³-hybridized carbons (Fsp3) is 0. The lowest BCUT2D eigenvalue weighted by Crippen LogP contribution is -2.02. The lowest BCUT2D eigenvalue weighted by Gasteiger charge is -2.12. The van der Waals surface area contributed by atoms with Crippen LogP contribution in [0.5, 0.6) is 5.75 Å². The van der Waals surface area contributed by atoms with Gasteiger partial charge in [-0.15, -0.1) is 5.10 Å². The van der Waals surface area contributed by atoms with E-state index in [1.807, 2.05) is 59.3 Å². The third kappa shape index (κ3) is 2.38. The highest BCUT2D eigenvalue weighted by molar-refractivity contribution is 6.00. The van der Waals surface area contributed by atoms with Gasteiger partial charge in [-0.05, 0) is 12.1 Å². The van der Waals surface area contributed by atoms with Crippen LogP contribution in [0.2, 0.25) is 0 Å². The number of aromatic nitrogens is 4. The quantitative estimate of drug-likeness (QED) is 0.546. The fourth-order valence-electron chi connectivity index (χ4n) is 2.58. The summed E-state index contributed by atoms with van der Waals surface area (Å²) < 4.78 is 7.23. The van der Waals surface area contributed by atoms with E-state index in [-0.39, 0.29) is 0 Å². The van der Waals surface area contributed by atoms with Gasteiger partial charge in [-0.25, -0.2) is 14.6 Å². The van der Waals surface area contributed by atoms with Gasteiger partial charge in [0.05, 0.1) is 0 Å². The Balaban J connectivity index is 2.07. The van der Waals surface area contributed by atoms with E-state index in [0.717, 1.165) is 22.5 Å². The highest BCUT2D eigenvalue weighted by atomic mass is 27.1. The monoisotopic (exact) mass is 314 g/mol. The van der Waals surface area contributed by atoms with E-state index in [4.69, 9.17) is 3.79 Å². The van der Waals surface area contributed by atoms with Crippen LogP contribution in [-0.2, 0) is 0 Å². The van der Waals surface area contributed by atoms with E-state index < -0.39 is 0 Å². The SMILES string of the molecule is [Al][O]c1ccccc1-n1nc2nccnc2c1-c1ccccc1. The zero-order valence-electron chi connectivity index (χ0n) is 12.1. The number of hydrogen-bond acceptors (Lipinski definition) is 4. The van der Waals surface area contributed by atoms with Crippen molar-refractivity contribution in [3.8, 4) is 22.7 Å². The Hall–Kier alpha value is -2.68. The van der Waals surface area contributed by atoms with Crippen LogP contribution < -0.4 is 3.79 Å². The van der Waals surface area contributed by atoms with Gasteiger partial charge in [0.2, 0.25) is 5.65 Å². The third-order valence-corrected chi connectivity index (χ3v) is 3.83. The molecule has 0 unspecified atom stereocenters. The summed E-state index contributed by atoms with van der Waals surface area (Å²) in [6, 6.07) is 17.8. The third-order valence-electron chi connectivity index (χ3n) is 3.58. The first-order valence-corrected chi connectivity index (χ1v) is 7.57. The average molecular weight is 314 g/mol. The van der Waals surface area contributed by atoms with Gasteiger partial charge in [0.25, 0.3) is 0 Å². The fourth-order valence-corrected chi connectivity index (χ4v) is 2.78. The number of hydrogen-bond donors (Lipinski definition) is 0. The van der Waals surface area contributed by atoms with E-state index in [0.29, 0.717) is 11.4 Å². The molecule has 2 radical (unpaired) electrons. The van der Waals surface area contributed by atoms with Gasteiger partial charge >= 0.3 is 16.6 Å². The van der Waals surface area contributed by atoms with Crippen LogP contribution >= 0.6 is 0 Å². The second kappa shape index (κ2) is 5.84. The highest BCUT2D eigenvalue weighted by Crippen LogP contribution is 2.32. The highest BCUT2D eigenvalue weighted by Gasteiger charge is 2.18. The minimum absolute atomic E-state index is 0.602. The van der Waals surface area contributed by atoms with Gasteiger partial charge in [-0.2, -0.15) is 0 Å². The molecule has 0 spiro atoms. The van der Waals surface area contributed by atoms with Crippen LogP contribution in [0.4, 0.5) is 0 Å². The Labute approximate surface area is 141 Å². The van der Waals surface area contributed by atoms with E-state index in [1.54, 1.807) is 12.4 Å². The number of para-hydroxylation sites is 2. The van der Waals surface area contributed by atoms with E-state index in [9.17, 15) is 0 Å². The Morgan fingerprint density at radius 3 is 2.43 bits per heavy atom. The minimum atomic E-state index is 0.602. The molecule has 23 heavy (non-hydrogen) atoms. The summed E-state index contributed by atoms with van der Waals surface area (Å²) in [5.74, 6) is 0.711. The summed E-state index contributed by atoms with van der Waals surface area (Å²) in [4.78, 5) is 8.80. The maximum Gasteiger partial charge on any atom is 0.482 e. The van der Waals surface area contributed by atoms with Gasteiger partial charge in [0.1, 0.15) is 22.6 Å². The van der Waals surface area contributed by atoms with Gasteiger partial charge in [-0.3, -0.25) is 0 Å². The predicted molar refractivity (Wildman–Crippen MR) is 88.5 cm³/mol. The van der Waals surface area contributed by atoms with Gasteiger partial charge in [0.15, 0.2) is 0 Å². The molecule has 0 bridgehead atoms. The molecule has 2 aromatic carbocycles.